The van der Waals surface area contributed by atoms with Crippen molar-refractivity contribution in [1.29, 1.82) is 0 Å². The van der Waals surface area contributed by atoms with Gasteiger partial charge in [-0.25, -0.2) is 0 Å². The Morgan fingerprint density at radius 1 is 1.00 bits per heavy atom. The van der Waals surface area contributed by atoms with Gasteiger partial charge in [-0.1, -0.05) is 44.2 Å². The minimum absolute atomic E-state index is 0.270. The molecule has 0 radical (unpaired) electrons. The Kier molecular flexibility index (Phi) is 2.99. The molecule has 3 aromatic rings. The SMILES string of the molecule is CC(C)c1nnc(Cl)n1-c1ccc2ccccc2c1. The molecule has 0 atom stereocenters. The first kappa shape index (κ1) is 12.2. The molecule has 0 aliphatic carbocycles. The van der Waals surface area contributed by atoms with Crippen LogP contribution in [-0.4, -0.2) is 14.8 Å². The molecule has 0 bridgehead atoms. The third-order valence-electron chi connectivity index (χ3n) is 3.16. The zero-order valence-electron chi connectivity index (χ0n) is 10.8. The second-order valence-corrected chi connectivity index (χ2v) is 5.19. The summed E-state index contributed by atoms with van der Waals surface area (Å²) in [4.78, 5) is 0. The number of rotatable bonds is 2. The molecular weight excluding hydrogens is 258 g/mol. The summed E-state index contributed by atoms with van der Waals surface area (Å²) in [6.45, 7) is 4.16. The van der Waals surface area contributed by atoms with Gasteiger partial charge in [-0.2, -0.15) is 0 Å². The highest BCUT2D eigenvalue weighted by molar-refractivity contribution is 6.28. The van der Waals surface area contributed by atoms with E-state index in [1.807, 2.05) is 22.8 Å². The molecular formula is C15H14ClN3. The maximum absolute atomic E-state index is 6.16. The van der Waals surface area contributed by atoms with Crippen LogP contribution < -0.4 is 0 Å². The van der Waals surface area contributed by atoms with Gasteiger partial charge in [-0.15, -0.1) is 10.2 Å². The van der Waals surface area contributed by atoms with Crippen molar-refractivity contribution < 1.29 is 0 Å². The summed E-state index contributed by atoms with van der Waals surface area (Å²) in [7, 11) is 0. The number of hydrogen-bond acceptors (Lipinski definition) is 2. The molecule has 1 heterocycles. The van der Waals surface area contributed by atoms with Gasteiger partial charge in [0.15, 0.2) is 0 Å². The minimum Gasteiger partial charge on any atom is -0.270 e. The van der Waals surface area contributed by atoms with Gasteiger partial charge in [0, 0.05) is 5.92 Å². The fourth-order valence-electron chi connectivity index (χ4n) is 2.20. The van der Waals surface area contributed by atoms with Crippen molar-refractivity contribution >= 4 is 22.4 Å². The Morgan fingerprint density at radius 2 is 1.74 bits per heavy atom. The van der Waals surface area contributed by atoms with Gasteiger partial charge in [-0.3, -0.25) is 4.57 Å². The predicted octanol–water partition coefficient (Wildman–Crippen LogP) is 4.20. The lowest BCUT2D eigenvalue weighted by Crippen LogP contribution is -2.03. The molecule has 3 nitrogen and oxygen atoms in total. The molecule has 0 aliphatic heterocycles. The molecule has 0 spiro atoms. The summed E-state index contributed by atoms with van der Waals surface area (Å²) in [6, 6.07) is 14.5. The van der Waals surface area contributed by atoms with E-state index in [1.165, 1.54) is 10.8 Å². The molecule has 1 aromatic heterocycles. The van der Waals surface area contributed by atoms with Crippen molar-refractivity contribution in [3.63, 3.8) is 0 Å². The summed E-state index contributed by atoms with van der Waals surface area (Å²) in [5.41, 5.74) is 0.998. The highest BCUT2D eigenvalue weighted by atomic mass is 35.5. The molecule has 4 heteroatoms. The second kappa shape index (κ2) is 4.67. The summed E-state index contributed by atoms with van der Waals surface area (Å²) in [5, 5.41) is 10.9. The summed E-state index contributed by atoms with van der Waals surface area (Å²) < 4.78 is 1.90. The third-order valence-corrected chi connectivity index (χ3v) is 3.40. The molecule has 0 N–H and O–H groups in total. The highest BCUT2D eigenvalue weighted by Crippen LogP contribution is 2.25. The normalized spacial score (nSPS) is 11.4. The van der Waals surface area contributed by atoms with E-state index in [9.17, 15) is 0 Å². The van der Waals surface area contributed by atoms with Gasteiger partial charge < -0.3 is 0 Å². The van der Waals surface area contributed by atoms with Crippen molar-refractivity contribution in [1.82, 2.24) is 14.8 Å². The highest BCUT2D eigenvalue weighted by Gasteiger charge is 2.15. The van der Waals surface area contributed by atoms with Crippen molar-refractivity contribution in [3.8, 4) is 5.69 Å². The maximum atomic E-state index is 6.16. The lowest BCUT2D eigenvalue weighted by molar-refractivity contribution is 0.746. The quantitative estimate of drug-likeness (QED) is 0.699. The number of fused-ring (bicyclic) bond motifs is 1. The number of aromatic nitrogens is 3. The van der Waals surface area contributed by atoms with Gasteiger partial charge >= 0.3 is 0 Å². The lowest BCUT2D eigenvalue weighted by Gasteiger charge is -2.10. The van der Waals surface area contributed by atoms with Crippen LogP contribution in [0.3, 0.4) is 0 Å². The Hall–Kier alpha value is -1.87. The number of nitrogens with zero attached hydrogens (tertiary/aromatic N) is 3. The second-order valence-electron chi connectivity index (χ2n) is 4.85. The Balaban J connectivity index is 2.21. The summed E-state index contributed by atoms with van der Waals surface area (Å²) in [5.74, 6) is 1.15. The van der Waals surface area contributed by atoms with Gasteiger partial charge in [0.2, 0.25) is 5.28 Å². The average molecular weight is 272 g/mol. The van der Waals surface area contributed by atoms with Crippen LogP contribution in [0.15, 0.2) is 42.5 Å². The molecule has 0 fully saturated rings. The van der Waals surface area contributed by atoms with E-state index < -0.39 is 0 Å². The van der Waals surface area contributed by atoms with Gasteiger partial charge in [-0.05, 0) is 34.5 Å². The Labute approximate surface area is 116 Å². The van der Waals surface area contributed by atoms with E-state index in [2.05, 4.69) is 48.3 Å². The van der Waals surface area contributed by atoms with Crippen LogP contribution in [0.5, 0.6) is 0 Å². The van der Waals surface area contributed by atoms with Crippen LogP contribution in [0, 0.1) is 0 Å². The Bertz CT molecular complexity index is 731. The molecule has 96 valence electrons. The topological polar surface area (TPSA) is 30.7 Å². The molecule has 3 rings (SSSR count). The van der Waals surface area contributed by atoms with Crippen molar-refractivity contribution in [2.75, 3.05) is 0 Å². The van der Waals surface area contributed by atoms with E-state index >= 15 is 0 Å². The fourth-order valence-corrected chi connectivity index (χ4v) is 2.43. The number of benzene rings is 2. The first-order valence-electron chi connectivity index (χ1n) is 6.27. The number of halogens is 1. The Morgan fingerprint density at radius 3 is 2.47 bits per heavy atom. The molecule has 0 aliphatic rings. The van der Waals surface area contributed by atoms with Gasteiger partial charge in [0.25, 0.3) is 0 Å². The zero-order valence-corrected chi connectivity index (χ0v) is 11.6. The predicted molar refractivity (Wildman–Crippen MR) is 78.0 cm³/mol. The average Bonchev–Trinajstić information content (AvgIpc) is 2.80. The van der Waals surface area contributed by atoms with Crippen LogP contribution in [0.1, 0.15) is 25.6 Å². The van der Waals surface area contributed by atoms with E-state index in [-0.39, 0.29) is 5.92 Å². The molecule has 0 amide bonds. The smallest absolute Gasteiger partial charge is 0.229 e. The maximum Gasteiger partial charge on any atom is 0.229 e. The van der Waals surface area contributed by atoms with E-state index in [0.717, 1.165) is 11.5 Å². The molecule has 0 saturated carbocycles. The van der Waals surface area contributed by atoms with Gasteiger partial charge in [0.05, 0.1) is 5.69 Å². The zero-order chi connectivity index (χ0) is 13.4. The monoisotopic (exact) mass is 271 g/mol. The van der Waals surface area contributed by atoms with Crippen molar-refractivity contribution in [2.24, 2.45) is 0 Å². The minimum atomic E-state index is 0.270. The van der Waals surface area contributed by atoms with Gasteiger partial charge in [0.1, 0.15) is 5.82 Å². The summed E-state index contributed by atoms with van der Waals surface area (Å²) in [6.07, 6.45) is 0. The van der Waals surface area contributed by atoms with Crippen LogP contribution in [0.25, 0.3) is 16.5 Å². The molecule has 2 aromatic carbocycles. The largest absolute Gasteiger partial charge is 0.270 e. The van der Waals surface area contributed by atoms with Crippen LogP contribution in [-0.2, 0) is 0 Å². The lowest BCUT2D eigenvalue weighted by atomic mass is 10.1. The number of hydrogen-bond donors (Lipinski definition) is 0. The standard InChI is InChI=1S/C15H14ClN3/c1-10(2)14-17-18-15(16)19(14)13-8-7-11-5-3-4-6-12(11)9-13/h3-10H,1-2H3. The third kappa shape index (κ3) is 2.10. The molecule has 0 unspecified atom stereocenters. The first-order valence-corrected chi connectivity index (χ1v) is 6.64. The molecule has 0 saturated heterocycles. The van der Waals surface area contributed by atoms with Crippen LogP contribution >= 0.6 is 11.6 Å². The van der Waals surface area contributed by atoms with Crippen LogP contribution in [0.2, 0.25) is 5.28 Å². The van der Waals surface area contributed by atoms with E-state index in [4.69, 9.17) is 11.6 Å². The fraction of sp³-hybridized carbons (Fsp3) is 0.200. The van der Waals surface area contributed by atoms with E-state index in [1.54, 1.807) is 0 Å². The van der Waals surface area contributed by atoms with Crippen molar-refractivity contribution in [2.45, 2.75) is 19.8 Å². The van der Waals surface area contributed by atoms with Crippen molar-refractivity contribution in [3.05, 3.63) is 53.6 Å². The first-order chi connectivity index (χ1) is 9.16. The summed E-state index contributed by atoms with van der Waals surface area (Å²) >= 11 is 6.16. The van der Waals surface area contributed by atoms with Crippen LogP contribution in [0.4, 0.5) is 0 Å². The molecule has 19 heavy (non-hydrogen) atoms. The van der Waals surface area contributed by atoms with E-state index in [0.29, 0.717) is 5.28 Å².